The fraction of sp³-hybridized carbons (Fsp3) is 0.692. The lowest BCUT2D eigenvalue weighted by Gasteiger charge is -2.32. The summed E-state index contributed by atoms with van der Waals surface area (Å²) in [7, 11) is 1.94. The number of rotatable bonds is 4. The highest BCUT2D eigenvalue weighted by atomic mass is 32.1. The zero-order chi connectivity index (χ0) is 14.7. The maximum atomic E-state index is 12.5. The molecule has 2 heterocycles. The molecule has 1 aliphatic rings. The van der Waals surface area contributed by atoms with Crippen molar-refractivity contribution in [3.05, 3.63) is 4.88 Å². The second kappa shape index (κ2) is 6.41. The van der Waals surface area contributed by atoms with Crippen LogP contribution in [0.4, 0.5) is 10.9 Å². The van der Waals surface area contributed by atoms with Crippen LogP contribution in [0.5, 0.6) is 0 Å². The number of nitrogens with zero attached hydrogens (tertiary/aromatic N) is 3. The van der Waals surface area contributed by atoms with E-state index in [0.717, 1.165) is 18.1 Å². The van der Waals surface area contributed by atoms with Crippen molar-refractivity contribution < 1.29 is 9.53 Å². The minimum Gasteiger partial charge on any atom is -0.382 e. The summed E-state index contributed by atoms with van der Waals surface area (Å²) in [6.45, 7) is 6.76. The number of carbonyl (C=O) groups excluding carboxylic acids is 1. The van der Waals surface area contributed by atoms with Crippen LogP contribution in [0.1, 0.15) is 29.9 Å². The third kappa shape index (κ3) is 3.04. The van der Waals surface area contributed by atoms with Gasteiger partial charge < -0.3 is 20.3 Å². The second-order valence-corrected chi connectivity index (χ2v) is 5.85. The van der Waals surface area contributed by atoms with Gasteiger partial charge in [-0.2, -0.15) is 0 Å². The molecule has 2 rings (SSSR count). The zero-order valence-electron chi connectivity index (χ0n) is 12.3. The molecule has 6 nitrogen and oxygen atoms in total. The first-order valence-electron chi connectivity index (χ1n) is 6.95. The Balaban J connectivity index is 2.14. The van der Waals surface area contributed by atoms with Gasteiger partial charge in [0.2, 0.25) is 0 Å². The summed E-state index contributed by atoms with van der Waals surface area (Å²) >= 11 is 1.36. The molecule has 20 heavy (non-hydrogen) atoms. The van der Waals surface area contributed by atoms with Gasteiger partial charge in [0.05, 0.1) is 12.7 Å². The second-order valence-electron chi connectivity index (χ2n) is 4.88. The van der Waals surface area contributed by atoms with Crippen LogP contribution in [0.25, 0.3) is 0 Å². The molecule has 1 aromatic heterocycles. The third-order valence-corrected chi connectivity index (χ3v) is 4.69. The van der Waals surface area contributed by atoms with Gasteiger partial charge in [-0.1, -0.05) is 18.3 Å². The SMILES string of the molecule is CCC1CN(C(=O)c2sc(N(C)CC)nc2N)CCO1. The zero-order valence-corrected chi connectivity index (χ0v) is 13.1. The molecule has 1 fully saturated rings. The van der Waals surface area contributed by atoms with Gasteiger partial charge in [-0.3, -0.25) is 4.79 Å². The van der Waals surface area contributed by atoms with E-state index in [-0.39, 0.29) is 12.0 Å². The largest absolute Gasteiger partial charge is 0.382 e. The summed E-state index contributed by atoms with van der Waals surface area (Å²) in [4.78, 5) is 21.2. The average molecular weight is 298 g/mol. The Bertz CT molecular complexity index is 477. The topological polar surface area (TPSA) is 71.7 Å². The van der Waals surface area contributed by atoms with E-state index in [1.807, 2.05) is 23.8 Å². The number of anilines is 2. The Hall–Kier alpha value is -1.34. The molecule has 112 valence electrons. The molecule has 0 aliphatic carbocycles. The monoisotopic (exact) mass is 298 g/mol. The van der Waals surface area contributed by atoms with Crippen LogP contribution in [0.15, 0.2) is 0 Å². The van der Waals surface area contributed by atoms with Gasteiger partial charge in [-0.15, -0.1) is 0 Å². The number of carbonyl (C=O) groups is 1. The maximum Gasteiger partial charge on any atom is 0.268 e. The van der Waals surface area contributed by atoms with Crippen molar-refractivity contribution in [1.82, 2.24) is 9.88 Å². The molecule has 0 radical (unpaired) electrons. The lowest BCUT2D eigenvalue weighted by molar-refractivity contribution is -0.0224. The van der Waals surface area contributed by atoms with E-state index in [9.17, 15) is 4.79 Å². The Morgan fingerprint density at radius 3 is 3.00 bits per heavy atom. The van der Waals surface area contributed by atoms with E-state index >= 15 is 0 Å². The molecule has 1 unspecified atom stereocenters. The minimum absolute atomic E-state index is 0.0301. The summed E-state index contributed by atoms with van der Waals surface area (Å²) in [5.41, 5.74) is 5.90. The molecule has 1 atom stereocenters. The van der Waals surface area contributed by atoms with Crippen LogP contribution < -0.4 is 10.6 Å². The number of ether oxygens (including phenoxy) is 1. The summed E-state index contributed by atoms with van der Waals surface area (Å²) in [5.74, 6) is 0.298. The van der Waals surface area contributed by atoms with Crippen molar-refractivity contribution in [2.75, 3.05) is 43.9 Å². The summed E-state index contributed by atoms with van der Waals surface area (Å²) in [6.07, 6.45) is 1.03. The number of thiazole rings is 1. The van der Waals surface area contributed by atoms with Crippen molar-refractivity contribution in [2.24, 2.45) is 0 Å². The van der Waals surface area contributed by atoms with Crippen molar-refractivity contribution in [2.45, 2.75) is 26.4 Å². The van der Waals surface area contributed by atoms with Gasteiger partial charge >= 0.3 is 0 Å². The highest BCUT2D eigenvalue weighted by Crippen LogP contribution is 2.29. The van der Waals surface area contributed by atoms with Gasteiger partial charge in [0.25, 0.3) is 5.91 Å². The van der Waals surface area contributed by atoms with Gasteiger partial charge in [-0.25, -0.2) is 4.98 Å². The van der Waals surface area contributed by atoms with E-state index in [1.165, 1.54) is 11.3 Å². The van der Waals surface area contributed by atoms with Crippen molar-refractivity contribution in [3.8, 4) is 0 Å². The molecular weight excluding hydrogens is 276 g/mol. The van der Waals surface area contributed by atoms with E-state index in [0.29, 0.717) is 30.4 Å². The number of nitrogens with two attached hydrogens (primary N) is 1. The summed E-state index contributed by atoms with van der Waals surface area (Å²) in [5, 5.41) is 0.786. The quantitative estimate of drug-likeness (QED) is 0.910. The molecule has 7 heteroatoms. The van der Waals surface area contributed by atoms with Gasteiger partial charge in [0, 0.05) is 26.7 Å². The Morgan fingerprint density at radius 2 is 2.35 bits per heavy atom. The molecular formula is C13H22N4O2S. The number of hydrogen-bond donors (Lipinski definition) is 1. The molecule has 1 amide bonds. The van der Waals surface area contributed by atoms with E-state index in [2.05, 4.69) is 11.9 Å². The number of aromatic nitrogens is 1. The van der Waals surface area contributed by atoms with E-state index in [4.69, 9.17) is 10.5 Å². The summed E-state index contributed by atoms with van der Waals surface area (Å²) < 4.78 is 5.59. The van der Waals surface area contributed by atoms with Gasteiger partial charge in [0.15, 0.2) is 5.13 Å². The molecule has 0 aromatic carbocycles. The normalized spacial score (nSPS) is 19.1. The molecule has 1 saturated heterocycles. The third-order valence-electron chi connectivity index (χ3n) is 3.52. The summed E-state index contributed by atoms with van der Waals surface area (Å²) in [6, 6.07) is 0. The number of hydrogen-bond acceptors (Lipinski definition) is 6. The van der Waals surface area contributed by atoms with Crippen molar-refractivity contribution >= 4 is 28.2 Å². The molecule has 1 aromatic rings. The first kappa shape index (κ1) is 15.1. The van der Waals surface area contributed by atoms with E-state index in [1.54, 1.807) is 0 Å². The van der Waals surface area contributed by atoms with Gasteiger partial charge in [-0.05, 0) is 13.3 Å². The standard InChI is InChI=1S/C13H22N4O2S/c1-4-9-8-17(6-7-19-9)12(18)10-11(14)15-13(20-10)16(3)5-2/h9H,4-8,14H2,1-3H3. The smallest absolute Gasteiger partial charge is 0.268 e. The van der Waals surface area contributed by atoms with Crippen LogP contribution in [-0.2, 0) is 4.74 Å². The molecule has 0 bridgehead atoms. The van der Waals surface area contributed by atoms with Crippen molar-refractivity contribution in [3.63, 3.8) is 0 Å². The molecule has 1 aliphatic heterocycles. The number of nitrogen functional groups attached to an aromatic ring is 1. The van der Waals surface area contributed by atoms with Crippen LogP contribution in [0.2, 0.25) is 0 Å². The minimum atomic E-state index is -0.0301. The predicted octanol–water partition coefficient (Wildman–Crippen LogP) is 1.43. The first-order chi connectivity index (χ1) is 9.56. The van der Waals surface area contributed by atoms with Crippen LogP contribution in [0, 0.1) is 0 Å². The number of morpholine rings is 1. The Morgan fingerprint density at radius 1 is 1.60 bits per heavy atom. The van der Waals surface area contributed by atoms with Crippen LogP contribution in [-0.4, -0.2) is 55.2 Å². The predicted molar refractivity (Wildman–Crippen MR) is 81.4 cm³/mol. The highest BCUT2D eigenvalue weighted by Gasteiger charge is 2.27. The molecule has 2 N–H and O–H groups in total. The first-order valence-corrected chi connectivity index (χ1v) is 7.76. The average Bonchev–Trinajstić information content (AvgIpc) is 2.87. The Labute approximate surface area is 123 Å². The van der Waals surface area contributed by atoms with E-state index < -0.39 is 0 Å². The maximum absolute atomic E-state index is 12.5. The van der Waals surface area contributed by atoms with Crippen LogP contribution in [0.3, 0.4) is 0 Å². The van der Waals surface area contributed by atoms with Crippen molar-refractivity contribution in [1.29, 1.82) is 0 Å². The molecule has 0 spiro atoms. The van der Waals surface area contributed by atoms with Crippen LogP contribution >= 0.6 is 11.3 Å². The van der Waals surface area contributed by atoms with Gasteiger partial charge in [0.1, 0.15) is 10.7 Å². The number of amides is 1. The lowest BCUT2D eigenvalue weighted by atomic mass is 10.2. The fourth-order valence-corrected chi connectivity index (χ4v) is 3.04. The Kier molecular flexibility index (Phi) is 4.82. The fourth-order valence-electron chi connectivity index (χ4n) is 2.07. The highest BCUT2D eigenvalue weighted by molar-refractivity contribution is 7.18. The lowest BCUT2D eigenvalue weighted by Crippen LogP contribution is -2.45. The molecule has 0 saturated carbocycles.